The van der Waals surface area contributed by atoms with Crippen LogP contribution < -0.4 is 4.74 Å². The minimum atomic E-state index is -0.0430. The molecule has 0 saturated heterocycles. The van der Waals surface area contributed by atoms with Crippen molar-refractivity contribution in [3.8, 4) is 5.75 Å². The molecule has 0 unspecified atom stereocenters. The van der Waals surface area contributed by atoms with Crippen molar-refractivity contribution in [2.45, 2.75) is 13.5 Å². The summed E-state index contributed by atoms with van der Waals surface area (Å²) in [5.41, 5.74) is 4.30. The molecule has 31 heavy (non-hydrogen) atoms. The van der Waals surface area contributed by atoms with Crippen molar-refractivity contribution in [2.24, 2.45) is 0 Å². The Morgan fingerprint density at radius 2 is 1.90 bits per heavy atom. The van der Waals surface area contributed by atoms with Crippen molar-refractivity contribution in [3.63, 3.8) is 0 Å². The molecule has 0 aliphatic rings. The first-order valence-corrected chi connectivity index (χ1v) is 10.4. The Balaban J connectivity index is 1.60. The molecule has 5 heteroatoms. The molecule has 0 saturated carbocycles. The summed E-state index contributed by atoms with van der Waals surface area (Å²) in [5.74, 6) is 0.588. The third kappa shape index (κ3) is 4.84. The lowest BCUT2D eigenvalue weighted by molar-refractivity contribution is 0.102. The van der Waals surface area contributed by atoms with Crippen molar-refractivity contribution in [1.82, 2.24) is 14.5 Å². The highest BCUT2D eigenvalue weighted by molar-refractivity contribution is 6.09. The number of ether oxygens (including phenoxy) is 1. The average molecular weight is 414 g/mol. The molecule has 0 N–H and O–H groups in total. The van der Waals surface area contributed by atoms with Crippen molar-refractivity contribution < 1.29 is 9.53 Å². The maximum Gasteiger partial charge on any atom is 0.213 e. The zero-order chi connectivity index (χ0) is 21.8. The Morgan fingerprint density at radius 3 is 2.74 bits per heavy atom. The van der Waals surface area contributed by atoms with Crippen LogP contribution in [-0.4, -0.2) is 47.5 Å². The van der Waals surface area contributed by atoms with E-state index in [2.05, 4.69) is 22.0 Å². The fourth-order valence-electron chi connectivity index (χ4n) is 3.57. The van der Waals surface area contributed by atoms with Gasteiger partial charge >= 0.3 is 0 Å². The Bertz CT molecular complexity index is 1210. The number of carbonyl (C=O) groups excluding carboxylic acids is 1. The molecule has 0 fully saturated rings. The largest absolute Gasteiger partial charge is 0.491 e. The third-order valence-electron chi connectivity index (χ3n) is 5.24. The number of likely N-dealkylation sites (N-methyl/N-ethyl adjacent to an activating group) is 1. The molecule has 4 aromatic rings. The maximum atomic E-state index is 13.4. The zero-order valence-electron chi connectivity index (χ0n) is 18.2. The monoisotopic (exact) mass is 413 g/mol. The van der Waals surface area contributed by atoms with E-state index in [0.29, 0.717) is 30.2 Å². The van der Waals surface area contributed by atoms with Crippen molar-refractivity contribution in [3.05, 3.63) is 95.4 Å². The van der Waals surface area contributed by atoms with Gasteiger partial charge < -0.3 is 14.2 Å². The molecule has 2 aromatic carbocycles. The molecule has 0 atom stereocenters. The fourth-order valence-corrected chi connectivity index (χ4v) is 3.57. The van der Waals surface area contributed by atoms with Crippen LogP contribution in [0.3, 0.4) is 0 Å². The molecule has 0 aliphatic heterocycles. The van der Waals surface area contributed by atoms with Crippen LogP contribution in [0.15, 0.2) is 73.1 Å². The number of hydrogen-bond acceptors (Lipinski definition) is 4. The molecule has 0 amide bonds. The van der Waals surface area contributed by atoms with Crippen LogP contribution in [0.2, 0.25) is 0 Å². The van der Waals surface area contributed by atoms with Gasteiger partial charge in [0.1, 0.15) is 12.4 Å². The Hall–Kier alpha value is -3.44. The van der Waals surface area contributed by atoms with E-state index in [9.17, 15) is 4.79 Å². The molecule has 158 valence electrons. The highest BCUT2D eigenvalue weighted by Crippen LogP contribution is 2.24. The summed E-state index contributed by atoms with van der Waals surface area (Å²) < 4.78 is 7.94. The molecule has 4 rings (SSSR count). The number of aryl methyl sites for hydroxylation is 1. The quantitative estimate of drug-likeness (QED) is 0.397. The summed E-state index contributed by atoms with van der Waals surface area (Å²) in [5, 5.41) is 1.09. The van der Waals surface area contributed by atoms with Gasteiger partial charge in [0.25, 0.3) is 0 Å². The molecule has 0 spiro atoms. The molecular formula is C26H27N3O2. The standard InChI is InChI=1S/C26H27N3O2/c1-19-10-11-22(25(15-19)31-14-13-28(2)3)26(30)24-9-6-12-29(24)18-20-16-21-7-4-5-8-23(21)27-17-20/h4-12,15-17H,13-14,18H2,1-3H3. The lowest BCUT2D eigenvalue weighted by Crippen LogP contribution is -2.20. The predicted octanol–water partition coefficient (Wildman–Crippen LogP) is 4.56. The Kier molecular flexibility index (Phi) is 6.14. The second-order valence-electron chi connectivity index (χ2n) is 8.04. The minimum absolute atomic E-state index is 0.0430. The second-order valence-corrected chi connectivity index (χ2v) is 8.04. The topological polar surface area (TPSA) is 47.4 Å². The van der Waals surface area contributed by atoms with Crippen LogP contribution in [-0.2, 0) is 6.54 Å². The van der Waals surface area contributed by atoms with Gasteiger partial charge in [0.15, 0.2) is 0 Å². The van der Waals surface area contributed by atoms with Gasteiger partial charge in [0.05, 0.1) is 16.8 Å². The summed E-state index contributed by atoms with van der Waals surface area (Å²) in [4.78, 5) is 20.0. The van der Waals surface area contributed by atoms with Crippen molar-refractivity contribution >= 4 is 16.7 Å². The number of para-hydroxylation sites is 1. The van der Waals surface area contributed by atoms with Crippen LogP contribution in [0, 0.1) is 6.92 Å². The van der Waals surface area contributed by atoms with E-state index in [-0.39, 0.29) is 5.78 Å². The Labute approximate surface area is 182 Å². The number of rotatable bonds is 8. The highest BCUT2D eigenvalue weighted by atomic mass is 16.5. The van der Waals surface area contributed by atoms with E-state index in [1.165, 1.54) is 0 Å². The van der Waals surface area contributed by atoms with Gasteiger partial charge in [-0.3, -0.25) is 9.78 Å². The smallest absolute Gasteiger partial charge is 0.213 e. The molecule has 2 aromatic heterocycles. The second kappa shape index (κ2) is 9.14. The highest BCUT2D eigenvalue weighted by Gasteiger charge is 2.18. The van der Waals surface area contributed by atoms with Gasteiger partial charge in [-0.05, 0) is 68.5 Å². The van der Waals surface area contributed by atoms with E-state index < -0.39 is 0 Å². The van der Waals surface area contributed by atoms with E-state index in [1.54, 1.807) is 0 Å². The van der Waals surface area contributed by atoms with E-state index in [1.807, 2.05) is 86.5 Å². The van der Waals surface area contributed by atoms with Crippen LogP contribution in [0.5, 0.6) is 5.75 Å². The molecule has 5 nitrogen and oxygen atoms in total. The van der Waals surface area contributed by atoms with Crippen molar-refractivity contribution in [1.29, 1.82) is 0 Å². The first kappa shape index (κ1) is 20.8. The number of carbonyl (C=O) groups is 1. The molecule has 0 aliphatic carbocycles. The maximum absolute atomic E-state index is 13.4. The van der Waals surface area contributed by atoms with Crippen molar-refractivity contribution in [2.75, 3.05) is 27.2 Å². The number of aromatic nitrogens is 2. The van der Waals surface area contributed by atoms with Crippen LogP contribution in [0.25, 0.3) is 10.9 Å². The predicted molar refractivity (Wildman–Crippen MR) is 124 cm³/mol. The number of nitrogens with zero attached hydrogens (tertiary/aromatic N) is 3. The van der Waals surface area contributed by atoms with E-state index in [4.69, 9.17) is 4.74 Å². The molecule has 0 radical (unpaired) electrons. The van der Waals surface area contributed by atoms with Gasteiger partial charge in [-0.25, -0.2) is 0 Å². The average Bonchev–Trinajstić information content (AvgIpc) is 3.21. The van der Waals surface area contributed by atoms with E-state index in [0.717, 1.165) is 28.6 Å². The first-order valence-electron chi connectivity index (χ1n) is 10.4. The van der Waals surface area contributed by atoms with Crippen LogP contribution in [0.4, 0.5) is 0 Å². The van der Waals surface area contributed by atoms with Crippen LogP contribution in [0.1, 0.15) is 27.2 Å². The zero-order valence-corrected chi connectivity index (χ0v) is 18.2. The normalized spacial score (nSPS) is 11.2. The molecular weight excluding hydrogens is 386 g/mol. The van der Waals surface area contributed by atoms with Gasteiger partial charge in [0.2, 0.25) is 5.78 Å². The first-order chi connectivity index (χ1) is 15.0. The summed E-state index contributed by atoms with van der Waals surface area (Å²) in [6.07, 6.45) is 3.81. The van der Waals surface area contributed by atoms with E-state index >= 15 is 0 Å². The number of ketones is 1. The minimum Gasteiger partial charge on any atom is -0.491 e. The molecule has 0 bridgehead atoms. The number of hydrogen-bond donors (Lipinski definition) is 0. The number of pyridine rings is 1. The third-order valence-corrected chi connectivity index (χ3v) is 5.24. The fraction of sp³-hybridized carbons (Fsp3) is 0.231. The number of benzene rings is 2. The lowest BCUT2D eigenvalue weighted by Gasteiger charge is -2.15. The summed E-state index contributed by atoms with van der Waals surface area (Å²) in [6.45, 7) is 3.89. The summed E-state index contributed by atoms with van der Waals surface area (Å²) in [6, 6.07) is 19.7. The van der Waals surface area contributed by atoms with Gasteiger partial charge in [-0.1, -0.05) is 24.3 Å². The van der Waals surface area contributed by atoms with Gasteiger partial charge in [0, 0.05) is 30.9 Å². The van der Waals surface area contributed by atoms with Gasteiger partial charge in [-0.2, -0.15) is 0 Å². The summed E-state index contributed by atoms with van der Waals surface area (Å²) in [7, 11) is 4.00. The lowest BCUT2D eigenvalue weighted by atomic mass is 10.0. The van der Waals surface area contributed by atoms with Gasteiger partial charge in [-0.15, -0.1) is 0 Å². The molecule has 2 heterocycles. The Morgan fingerprint density at radius 1 is 1.06 bits per heavy atom. The van der Waals surface area contributed by atoms with Crippen LogP contribution >= 0.6 is 0 Å². The number of fused-ring (bicyclic) bond motifs is 1. The SMILES string of the molecule is Cc1ccc(C(=O)c2cccn2Cc2cnc3ccccc3c2)c(OCCN(C)C)c1. The summed E-state index contributed by atoms with van der Waals surface area (Å²) >= 11 is 0.